The van der Waals surface area contributed by atoms with Crippen LogP contribution in [0.2, 0.25) is 0 Å². The van der Waals surface area contributed by atoms with Crippen molar-refractivity contribution in [2.24, 2.45) is 5.92 Å². The Morgan fingerprint density at radius 1 is 1.25 bits per heavy atom. The van der Waals surface area contributed by atoms with Gasteiger partial charge in [0.1, 0.15) is 23.1 Å². The number of carbonyl (C=O) groups excluding carboxylic acids is 2. The van der Waals surface area contributed by atoms with Gasteiger partial charge in [0.05, 0.1) is 12.8 Å². The molecule has 28 heavy (non-hydrogen) atoms. The van der Waals surface area contributed by atoms with Gasteiger partial charge in [-0.05, 0) is 49.9 Å². The number of carbonyl (C=O) groups is 2. The van der Waals surface area contributed by atoms with Crippen LogP contribution in [0, 0.1) is 12.8 Å². The Labute approximate surface area is 163 Å². The van der Waals surface area contributed by atoms with Crippen molar-refractivity contribution in [1.29, 1.82) is 0 Å². The number of rotatable bonds is 4. The number of aryl methyl sites for hydroxylation is 1. The molecule has 2 aliphatic heterocycles. The lowest BCUT2D eigenvalue weighted by atomic mass is 9.95. The summed E-state index contributed by atoms with van der Waals surface area (Å²) in [7, 11) is 0. The van der Waals surface area contributed by atoms with Crippen molar-refractivity contribution in [3.05, 3.63) is 41.6 Å². The van der Waals surface area contributed by atoms with Crippen LogP contribution in [0.3, 0.4) is 0 Å². The Hall–Kier alpha value is -2.89. The van der Waals surface area contributed by atoms with Crippen LogP contribution in [-0.4, -0.2) is 23.4 Å². The number of imide groups is 1. The molecule has 5 rings (SSSR count). The highest BCUT2D eigenvalue weighted by Gasteiger charge is 2.53. The van der Waals surface area contributed by atoms with Crippen LogP contribution in [0.25, 0.3) is 0 Å². The summed E-state index contributed by atoms with van der Waals surface area (Å²) < 4.78 is 12.1. The first-order valence-electron chi connectivity index (χ1n) is 9.80. The zero-order valence-electron chi connectivity index (χ0n) is 16.0. The van der Waals surface area contributed by atoms with Crippen molar-refractivity contribution >= 4 is 17.6 Å². The minimum Gasteiger partial charge on any atom is -0.492 e. The number of ether oxygens (including phenoxy) is 2. The van der Waals surface area contributed by atoms with E-state index in [4.69, 9.17) is 9.47 Å². The maximum Gasteiger partial charge on any atom is 0.238 e. The molecule has 2 aromatic rings. The first-order valence-corrected chi connectivity index (χ1v) is 9.80. The lowest BCUT2D eigenvalue weighted by Gasteiger charge is -2.16. The van der Waals surface area contributed by atoms with Gasteiger partial charge in [0.25, 0.3) is 0 Å². The Morgan fingerprint density at radius 3 is 2.71 bits per heavy atom. The van der Waals surface area contributed by atoms with E-state index in [1.54, 1.807) is 18.3 Å². The van der Waals surface area contributed by atoms with E-state index in [9.17, 15) is 9.59 Å². The summed E-state index contributed by atoms with van der Waals surface area (Å²) in [4.78, 5) is 30.1. The van der Waals surface area contributed by atoms with Gasteiger partial charge < -0.3 is 9.47 Å². The zero-order chi connectivity index (χ0) is 19.5. The SMILES string of the molecule is CC[C@H]1CC(=O)N(c2ccc(Oc3ccc(C)c4c3C3(CC3)CO4)cn2)C1=O. The minimum atomic E-state index is -0.241. The van der Waals surface area contributed by atoms with Gasteiger partial charge in [-0.2, -0.15) is 0 Å². The number of anilines is 1. The first kappa shape index (κ1) is 17.2. The van der Waals surface area contributed by atoms with Crippen LogP contribution in [-0.2, 0) is 15.0 Å². The molecule has 0 bridgehead atoms. The van der Waals surface area contributed by atoms with E-state index < -0.39 is 0 Å². The largest absolute Gasteiger partial charge is 0.492 e. The molecule has 3 heterocycles. The molecule has 1 aromatic heterocycles. The number of fused-ring (bicyclic) bond motifs is 2. The molecule has 6 heteroatoms. The number of nitrogens with zero attached hydrogens (tertiary/aromatic N) is 2. The highest BCUT2D eigenvalue weighted by molar-refractivity contribution is 6.20. The van der Waals surface area contributed by atoms with Gasteiger partial charge in [0.15, 0.2) is 0 Å². The summed E-state index contributed by atoms with van der Waals surface area (Å²) in [5, 5.41) is 0. The number of aromatic nitrogens is 1. The second-order valence-corrected chi connectivity index (χ2v) is 7.98. The Balaban J connectivity index is 1.41. The third-order valence-electron chi connectivity index (χ3n) is 6.10. The molecule has 0 radical (unpaired) electrons. The summed E-state index contributed by atoms with van der Waals surface area (Å²) in [5.41, 5.74) is 2.39. The third kappa shape index (κ3) is 2.51. The smallest absolute Gasteiger partial charge is 0.238 e. The maximum atomic E-state index is 12.4. The molecule has 6 nitrogen and oxygen atoms in total. The van der Waals surface area contributed by atoms with Crippen LogP contribution >= 0.6 is 0 Å². The van der Waals surface area contributed by atoms with E-state index in [-0.39, 0.29) is 29.6 Å². The van der Waals surface area contributed by atoms with Crippen LogP contribution in [0.15, 0.2) is 30.5 Å². The Kier molecular flexibility index (Phi) is 3.73. The molecule has 1 atom stereocenters. The Morgan fingerprint density at radius 2 is 2.07 bits per heavy atom. The zero-order valence-corrected chi connectivity index (χ0v) is 16.0. The quantitative estimate of drug-likeness (QED) is 0.755. The molecular formula is C22H22N2O4. The van der Waals surface area contributed by atoms with E-state index >= 15 is 0 Å². The van der Waals surface area contributed by atoms with Crippen LogP contribution in [0.1, 0.15) is 43.7 Å². The molecule has 144 valence electrons. The number of hydrogen-bond acceptors (Lipinski definition) is 5. The standard InChI is InChI=1S/C22H22N2O4/c1-3-14-10-18(25)24(21(14)26)17-7-5-15(11-23-17)28-16-6-4-13(2)20-19(16)22(8-9-22)12-27-20/h4-7,11,14H,3,8-10,12H2,1-2H3/t14-/m0/s1. The van der Waals surface area contributed by atoms with E-state index in [1.807, 2.05) is 26.0 Å². The molecule has 1 saturated heterocycles. The second-order valence-electron chi connectivity index (χ2n) is 7.98. The molecule has 3 aliphatic rings. The van der Waals surface area contributed by atoms with Crippen LogP contribution in [0.5, 0.6) is 17.2 Å². The third-order valence-corrected chi connectivity index (χ3v) is 6.10. The molecule has 1 aliphatic carbocycles. The molecular weight excluding hydrogens is 356 g/mol. The molecule has 1 aromatic carbocycles. The summed E-state index contributed by atoms with van der Waals surface area (Å²) in [6, 6.07) is 7.41. The lowest BCUT2D eigenvalue weighted by Crippen LogP contribution is -2.31. The van der Waals surface area contributed by atoms with Gasteiger partial charge in [0.2, 0.25) is 11.8 Å². The van der Waals surface area contributed by atoms with E-state index in [0.717, 1.165) is 42.1 Å². The molecule has 2 amide bonds. The first-order chi connectivity index (χ1) is 13.5. The number of hydrogen-bond donors (Lipinski definition) is 0. The number of amides is 2. The predicted molar refractivity (Wildman–Crippen MR) is 103 cm³/mol. The topological polar surface area (TPSA) is 68.7 Å². The highest BCUT2D eigenvalue weighted by Crippen LogP contribution is 2.59. The summed E-state index contributed by atoms with van der Waals surface area (Å²) in [6.07, 6.45) is 4.72. The fraction of sp³-hybridized carbons (Fsp3) is 0.409. The number of pyridine rings is 1. The normalized spacial score (nSPS) is 21.8. The van der Waals surface area contributed by atoms with Gasteiger partial charge in [-0.25, -0.2) is 9.88 Å². The van der Waals surface area contributed by atoms with E-state index in [1.165, 1.54) is 4.90 Å². The van der Waals surface area contributed by atoms with Gasteiger partial charge in [-0.3, -0.25) is 9.59 Å². The van der Waals surface area contributed by atoms with Gasteiger partial charge >= 0.3 is 0 Å². The van der Waals surface area contributed by atoms with Crippen molar-refractivity contribution in [1.82, 2.24) is 4.98 Å². The van der Waals surface area contributed by atoms with Gasteiger partial charge in [-0.15, -0.1) is 0 Å². The van der Waals surface area contributed by atoms with Crippen molar-refractivity contribution < 1.29 is 19.1 Å². The summed E-state index contributed by atoms with van der Waals surface area (Å²) in [6.45, 7) is 4.69. The molecule has 2 fully saturated rings. The second kappa shape index (κ2) is 6.06. The van der Waals surface area contributed by atoms with Gasteiger partial charge in [-0.1, -0.05) is 13.0 Å². The highest BCUT2D eigenvalue weighted by atomic mass is 16.5. The lowest BCUT2D eigenvalue weighted by molar-refractivity contribution is -0.122. The molecule has 1 saturated carbocycles. The summed E-state index contributed by atoms with van der Waals surface area (Å²) in [5.74, 6) is 2.07. The molecule has 0 unspecified atom stereocenters. The monoisotopic (exact) mass is 378 g/mol. The van der Waals surface area contributed by atoms with Crippen LogP contribution < -0.4 is 14.4 Å². The maximum absolute atomic E-state index is 12.4. The van der Waals surface area contributed by atoms with E-state index in [2.05, 4.69) is 4.98 Å². The minimum absolute atomic E-state index is 0.105. The molecule has 1 spiro atoms. The van der Waals surface area contributed by atoms with Crippen molar-refractivity contribution in [3.63, 3.8) is 0 Å². The Bertz CT molecular complexity index is 979. The van der Waals surface area contributed by atoms with E-state index in [0.29, 0.717) is 18.0 Å². The van der Waals surface area contributed by atoms with Crippen molar-refractivity contribution in [2.45, 2.75) is 44.9 Å². The fourth-order valence-corrected chi connectivity index (χ4v) is 4.22. The number of benzene rings is 1. The van der Waals surface area contributed by atoms with Crippen LogP contribution in [0.4, 0.5) is 5.82 Å². The predicted octanol–water partition coefficient (Wildman–Crippen LogP) is 3.90. The van der Waals surface area contributed by atoms with Crippen molar-refractivity contribution in [2.75, 3.05) is 11.5 Å². The van der Waals surface area contributed by atoms with Gasteiger partial charge in [0, 0.05) is 23.3 Å². The average molecular weight is 378 g/mol. The average Bonchev–Trinajstić information content (AvgIpc) is 3.28. The van der Waals surface area contributed by atoms with Crippen molar-refractivity contribution in [3.8, 4) is 17.2 Å². The fourth-order valence-electron chi connectivity index (χ4n) is 4.22. The summed E-state index contributed by atoms with van der Waals surface area (Å²) >= 11 is 0. The molecule has 0 N–H and O–H groups in total.